The highest BCUT2D eigenvalue weighted by Gasteiger charge is 2.09. The molecule has 0 aromatic carbocycles. The van der Waals surface area contributed by atoms with E-state index < -0.39 is 0 Å². The smallest absolute Gasteiger partial charge is 0.143 e. The van der Waals surface area contributed by atoms with Crippen LogP contribution in [0.25, 0.3) is 46.0 Å². The van der Waals surface area contributed by atoms with Crippen LogP contribution in [0, 0.1) is 0 Å². The SMILES string of the molecule is O/C(=C\c1cccc(-c2ccccn2)n1)c1cccc(-c2cccc(-c3ccccn3)n2)n1. The molecule has 0 spiro atoms. The lowest BCUT2D eigenvalue weighted by Crippen LogP contribution is -1.95. The van der Waals surface area contributed by atoms with Crippen LogP contribution < -0.4 is 0 Å². The number of pyridine rings is 5. The van der Waals surface area contributed by atoms with Crippen molar-refractivity contribution in [2.24, 2.45) is 0 Å². The summed E-state index contributed by atoms with van der Waals surface area (Å²) < 4.78 is 0. The minimum atomic E-state index is 0.0170. The first kappa shape index (κ1) is 20.2. The Morgan fingerprint density at radius 2 is 1.03 bits per heavy atom. The average molecular weight is 429 g/mol. The summed E-state index contributed by atoms with van der Waals surface area (Å²) >= 11 is 0. The molecule has 0 saturated heterocycles. The summed E-state index contributed by atoms with van der Waals surface area (Å²) in [7, 11) is 0. The van der Waals surface area contributed by atoms with Crippen molar-refractivity contribution in [2.75, 3.05) is 0 Å². The maximum atomic E-state index is 10.8. The Bertz CT molecular complexity index is 1420. The molecule has 5 rings (SSSR count). The van der Waals surface area contributed by atoms with Crippen molar-refractivity contribution in [1.82, 2.24) is 24.9 Å². The molecular formula is C27H19N5O. The Labute approximate surface area is 191 Å². The molecule has 0 atom stereocenters. The third-order valence-corrected chi connectivity index (χ3v) is 4.93. The Kier molecular flexibility index (Phi) is 5.63. The van der Waals surface area contributed by atoms with Crippen molar-refractivity contribution >= 4 is 11.8 Å². The minimum Gasteiger partial charge on any atom is -0.506 e. The zero-order valence-corrected chi connectivity index (χ0v) is 17.6. The first-order chi connectivity index (χ1) is 16.3. The van der Waals surface area contributed by atoms with Crippen molar-refractivity contribution in [1.29, 1.82) is 0 Å². The van der Waals surface area contributed by atoms with Crippen LogP contribution in [0.1, 0.15) is 11.4 Å². The van der Waals surface area contributed by atoms with Gasteiger partial charge in [-0.3, -0.25) is 9.97 Å². The number of aliphatic hydroxyl groups excluding tert-OH is 1. The van der Waals surface area contributed by atoms with E-state index in [-0.39, 0.29) is 5.76 Å². The standard InChI is InChI=1S/C27H19N5O/c33-27(18-19-8-5-11-22(30-19)20-9-1-3-16-28-20)26-15-7-14-25(32-26)24-13-6-12-23(31-24)21-10-2-4-17-29-21/h1-18,33H/b27-18-. The van der Waals surface area contributed by atoms with E-state index in [9.17, 15) is 5.11 Å². The number of rotatable bonds is 5. The molecule has 0 amide bonds. The monoisotopic (exact) mass is 429 g/mol. The van der Waals surface area contributed by atoms with E-state index >= 15 is 0 Å². The lowest BCUT2D eigenvalue weighted by Gasteiger charge is -2.06. The maximum Gasteiger partial charge on any atom is 0.143 e. The van der Waals surface area contributed by atoms with E-state index in [0.29, 0.717) is 22.8 Å². The fraction of sp³-hybridized carbons (Fsp3) is 0. The molecule has 6 heteroatoms. The van der Waals surface area contributed by atoms with Gasteiger partial charge < -0.3 is 5.11 Å². The number of hydrogen-bond donors (Lipinski definition) is 1. The van der Waals surface area contributed by atoms with Crippen molar-refractivity contribution in [2.45, 2.75) is 0 Å². The topological polar surface area (TPSA) is 84.7 Å². The second kappa shape index (κ2) is 9.20. The van der Waals surface area contributed by atoms with Gasteiger partial charge in [0.25, 0.3) is 0 Å². The third-order valence-electron chi connectivity index (χ3n) is 4.93. The molecule has 0 fully saturated rings. The summed E-state index contributed by atoms with van der Waals surface area (Å²) in [6.45, 7) is 0. The van der Waals surface area contributed by atoms with E-state index in [4.69, 9.17) is 4.98 Å². The quantitative estimate of drug-likeness (QED) is 0.360. The zero-order chi connectivity index (χ0) is 22.5. The number of hydrogen-bond acceptors (Lipinski definition) is 6. The molecule has 1 N–H and O–H groups in total. The summed E-state index contributed by atoms with van der Waals surface area (Å²) in [5.74, 6) is 0.0170. The van der Waals surface area contributed by atoms with Gasteiger partial charge in [0, 0.05) is 18.5 Å². The normalized spacial score (nSPS) is 11.3. The fourth-order valence-electron chi connectivity index (χ4n) is 3.36. The highest BCUT2D eigenvalue weighted by atomic mass is 16.3. The van der Waals surface area contributed by atoms with Crippen LogP contribution in [0.4, 0.5) is 0 Å². The van der Waals surface area contributed by atoms with Gasteiger partial charge in [-0.25, -0.2) is 15.0 Å². The highest BCUT2D eigenvalue weighted by Crippen LogP contribution is 2.22. The van der Waals surface area contributed by atoms with Gasteiger partial charge in [-0.1, -0.05) is 30.3 Å². The third kappa shape index (κ3) is 4.65. The van der Waals surface area contributed by atoms with Crippen LogP contribution in [-0.4, -0.2) is 30.0 Å². The van der Waals surface area contributed by atoms with Crippen LogP contribution in [0.2, 0.25) is 0 Å². The van der Waals surface area contributed by atoms with Gasteiger partial charge in [0.15, 0.2) is 0 Å². The van der Waals surface area contributed by atoms with Crippen molar-refractivity contribution in [3.05, 3.63) is 115 Å². The summed E-state index contributed by atoms with van der Waals surface area (Å²) in [6, 6.07) is 28.1. The molecule has 5 aromatic heterocycles. The predicted octanol–water partition coefficient (Wildman–Crippen LogP) is 5.72. The molecule has 0 aliphatic rings. The molecular weight excluding hydrogens is 410 g/mol. The molecule has 0 radical (unpaired) electrons. The molecule has 0 aliphatic carbocycles. The van der Waals surface area contributed by atoms with E-state index in [2.05, 4.69) is 19.9 Å². The number of nitrogens with zero attached hydrogens (tertiary/aromatic N) is 5. The Balaban J connectivity index is 1.45. The Morgan fingerprint density at radius 1 is 0.515 bits per heavy atom. The molecule has 33 heavy (non-hydrogen) atoms. The van der Waals surface area contributed by atoms with Crippen LogP contribution >= 0.6 is 0 Å². The maximum absolute atomic E-state index is 10.8. The summed E-state index contributed by atoms with van der Waals surface area (Å²) in [5, 5.41) is 10.8. The molecule has 158 valence electrons. The second-order valence-corrected chi connectivity index (χ2v) is 7.22. The second-order valence-electron chi connectivity index (χ2n) is 7.22. The Hall–Kier alpha value is -4.71. The molecule has 5 heterocycles. The van der Waals surface area contributed by atoms with Gasteiger partial charge in [0.2, 0.25) is 0 Å². The van der Waals surface area contributed by atoms with Gasteiger partial charge >= 0.3 is 0 Å². The largest absolute Gasteiger partial charge is 0.506 e. The molecule has 0 saturated carbocycles. The van der Waals surface area contributed by atoms with Crippen LogP contribution in [0.3, 0.4) is 0 Å². The first-order valence-electron chi connectivity index (χ1n) is 10.4. The first-order valence-corrected chi connectivity index (χ1v) is 10.4. The number of aliphatic hydroxyl groups is 1. The lowest BCUT2D eigenvalue weighted by atomic mass is 10.1. The van der Waals surface area contributed by atoms with Crippen LogP contribution in [0.15, 0.2) is 103 Å². The van der Waals surface area contributed by atoms with Crippen molar-refractivity contribution in [3.63, 3.8) is 0 Å². The van der Waals surface area contributed by atoms with Gasteiger partial charge in [-0.15, -0.1) is 0 Å². The Morgan fingerprint density at radius 3 is 1.67 bits per heavy atom. The summed E-state index contributed by atoms with van der Waals surface area (Å²) in [5.41, 5.74) is 5.44. The van der Waals surface area contributed by atoms with E-state index in [0.717, 1.165) is 22.8 Å². The van der Waals surface area contributed by atoms with E-state index in [1.54, 1.807) is 24.5 Å². The summed E-state index contributed by atoms with van der Waals surface area (Å²) in [6.07, 6.45) is 5.06. The van der Waals surface area contributed by atoms with E-state index in [1.807, 2.05) is 84.9 Å². The van der Waals surface area contributed by atoms with Gasteiger partial charge in [0.05, 0.1) is 39.9 Å². The molecule has 5 aromatic rings. The average Bonchev–Trinajstić information content (AvgIpc) is 2.90. The highest BCUT2D eigenvalue weighted by molar-refractivity contribution is 5.75. The molecule has 6 nitrogen and oxygen atoms in total. The van der Waals surface area contributed by atoms with Gasteiger partial charge in [0.1, 0.15) is 11.5 Å². The molecule has 0 bridgehead atoms. The van der Waals surface area contributed by atoms with Crippen molar-refractivity contribution in [3.8, 4) is 34.2 Å². The molecule has 0 aliphatic heterocycles. The van der Waals surface area contributed by atoms with E-state index in [1.165, 1.54) is 0 Å². The van der Waals surface area contributed by atoms with Crippen LogP contribution in [-0.2, 0) is 0 Å². The van der Waals surface area contributed by atoms with Gasteiger partial charge in [-0.05, 0) is 60.7 Å². The van der Waals surface area contributed by atoms with Crippen LogP contribution in [0.5, 0.6) is 0 Å². The minimum absolute atomic E-state index is 0.0170. The predicted molar refractivity (Wildman–Crippen MR) is 129 cm³/mol. The fourth-order valence-corrected chi connectivity index (χ4v) is 3.36. The van der Waals surface area contributed by atoms with Crippen molar-refractivity contribution < 1.29 is 5.11 Å². The zero-order valence-electron chi connectivity index (χ0n) is 17.6. The van der Waals surface area contributed by atoms with Gasteiger partial charge in [-0.2, -0.15) is 0 Å². The lowest BCUT2D eigenvalue weighted by molar-refractivity contribution is 0.512. The summed E-state index contributed by atoms with van der Waals surface area (Å²) in [4.78, 5) is 22.6. The molecule has 0 unspecified atom stereocenters. The number of aromatic nitrogens is 5.